The lowest BCUT2D eigenvalue weighted by Gasteiger charge is -2.90. The van der Waals surface area contributed by atoms with Gasteiger partial charge < -0.3 is 0 Å². The number of rotatable bonds is 0. The second-order valence-electron chi connectivity index (χ2n) is 13.8. The lowest BCUT2D eigenvalue weighted by Crippen LogP contribution is -2.83. The normalized spacial score (nSPS) is 63.2. The van der Waals surface area contributed by atoms with Crippen LogP contribution in [0.2, 0.25) is 0 Å². The summed E-state index contributed by atoms with van der Waals surface area (Å²) in [6, 6.07) is 0. The molecule has 0 saturated carbocycles. The van der Waals surface area contributed by atoms with Crippen LogP contribution in [0.5, 0.6) is 0 Å². The van der Waals surface area contributed by atoms with E-state index in [0.717, 1.165) is 25.2 Å². The monoisotopic (exact) mass is 444 g/mol. The van der Waals surface area contributed by atoms with Crippen LogP contribution in [0.4, 0.5) is 0 Å². The molecule has 0 radical (unpaired) electrons. The van der Waals surface area contributed by atoms with Crippen molar-refractivity contribution in [2.75, 3.05) is 0 Å². The maximum Gasteiger partial charge on any atom is 0.0500 e. The van der Waals surface area contributed by atoms with Crippen molar-refractivity contribution in [3.8, 4) is 0 Å². The Kier molecular flexibility index (Phi) is 2.90. The fraction of sp³-hybridized carbons (Fsp3) is 1.00. The molecule has 0 aromatic rings. The molecule has 146 valence electrons. The van der Waals surface area contributed by atoms with Gasteiger partial charge in [0.1, 0.15) is 0 Å². The first-order valence-corrected chi connectivity index (χ1v) is 19.3. The molecule has 0 nitrogen and oxygen atoms in total. The molecule has 0 bridgehead atoms. The van der Waals surface area contributed by atoms with Gasteiger partial charge in [0.05, 0.1) is 4.64 Å². The first kappa shape index (κ1) is 18.9. The molecule has 5 aliphatic rings. The molecule has 26 heavy (non-hydrogen) atoms. The minimum atomic E-state index is 0.239. The van der Waals surface area contributed by atoms with Crippen molar-refractivity contribution in [2.24, 2.45) is 27.6 Å². The molecule has 0 amide bonds. The van der Waals surface area contributed by atoms with Crippen LogP contribution in [0, 0.1) is 27.6 Å². The average molecular weight is 444 g/mol. The summed E-state index contributed by atoms with van der Waals surface area (Å²) in [6.45, 7) is 32.0. The molecule has 5 heteroatoms. The molecule has 5 saturated heterocycles. The minimum Gasteiger partial charge on any atom is -0.0654 e. The van der Waals surface area contributed by atoms with Gasteiger partial charge in [-0.15, -0.1) is 0 Å². The topological polar surface area (TPSA) is 0 Å². The van der Waals surface area contributed by atoms with Crippen LogP contribution in [0.3, 0.4) is 0 Å². The molecule has 10 unspecified atom stereocenters. The van der Waals surface area contributed by atoms with E-state index in [0.29, 0.717) is 51.5 Å². The van der Waals surface area contributed by atoms with Gasteiger partial charge >= 0.3 is 0 Å². The average Bonchev–Trinajstić information content (AvgIpc) is 2.76. The zero-order valence-corrected chi connectivity index (χ0v) is 23.3. The number of hydrogen-bond donors (Lipinski definition) is 0. The van der Waals surface area contributed by atoms with E-state index < -0.39 is 0 Å². The van der Waals surface area contributed by atoms with Crippen LogP contribution in [-0.2, 0) is 0 Å². The van der Waals surface area contributed by atoms with Crippen molar-refractivity contribution in [3.63, 3.8) is 0 Å². The Bertz CT molecular complexity index is 700. The van der Waals surface area contributed by atoms with E-state index in [2.05, 4.69) is 83.1 Å². The Hall–Kier alpha value is 2.15. The summed E-state index contributed by atoms with van der Waals surface area (Å²) in [4.78, 5) is 2.55. The van der Waals surface area contributed by atoms with Crippen molar-refractivity contribution in [2.45, 2.75) is 102 Å². The van der Waals surface area contributed by atoms with Crippen LogP contribution in [0.25, 0.3) is 0 Å². The summed E-state index contributed by atoms with van der Waals surface area (Å²) in [5, 5.41) is 0. The first-order chi connectivity index (χ1) is 11.5. The Balaban J connectivity index is 1.67. The zero-order chi connectivity index (χ0) is 19.5. The molecule has 0 aromatic carbocycles. The van der Waals surface area contributed by atoms with Crippen LogP contribution in [-0.4, -0.2) is 19.3 Å². The summed E-state index contributed by atoms with van der Waals surface area (Å²) in [5.41, 5.74) is 2.28. The molecular formula is C21H37P5. The molecule has 0 aromatic heterocycles. The van der Waals surface area contributed by atoms with Crippen molar-refractivity contribution in [1.82, 2.24) is 0 Å². The third-order valence-electron chi connectivity index (χ3n) is 8.93. The highest BCUT2D eigenvalue weighted by Gasteiger charge is 3.19. The number of hydrogen-bond acceptors (Lipinski definition) is 0. The minimum absolute atomic E-state index is 0.239. The van der Waals surface area contributed by atoms with E-state index in [-0.39, 0.29) is 7.92 Å². The molecule has 0 spiro atoms. The van der Waals surface area contributed by atoms with Crippen molar-refractivity contribution in [3.05, 3.63) is 0 Å². The van der Waals surface area contributed by atoms with Gasteiger partial charge in [0.2, 0.25) is 0 Å². The quantitative estimate of drug-likeness (QED) is 0.326. The molecule has 5 fully saturated rings. The van der Waals surface area contributed by atoms with E-state index in [9.17, 15) is 0 Å². The Labute approximate surface area is 167 Å². The maximum absolute atomic E-state index is 2.67. The van der Waals surface area contributed by atoms with Crippen LogP contribution < -0.4 is 0 Å². The van der Waals surface area contributed by atoms with E-state index in [4.69, 9.17) is 0 Å². The van der Waals surface area contributed by atoms with Gasteiger partial charge in [-0.25, -0.2) is 0 Å². The third-order valence-corrected chi connectivity index (χ3v) is 54.2. The summed E-state index contributed by atoms with van der Waals surface area (Å²) >= 11 is 0. The summed E-state index contributed by atoms with van der Waals surface area (Å²) in [5.74, 6) is 1.13. The SMILES string of the molecule is CC(C)(C)C12C3C4(C(C)(C)C)P1P1P2P2C3(C(C)(C)C)P4C12C(C)(C)C. The van der Waals surface area contributed by atoms with E-state index >= 15 is 0 Å². The highest BCUT2D eigenvalue weighted by atomic mass is 32.7. The highest BCUT2D eigenvalue weighted by Crippen LogP contribution is 3.56. The predicted octanol–water partition coefficient (Wildman–Crippen LogP) is 9.77. The van der Waals surface area contributed by atoms with E-state index in [1.54, 1.807) is 0 Å². The molecule has 0 N–H and O–H groups in total. The lowest BCUT2D eigenvalue weighted by atomic mass is 9.66. The third kappa shape index (κ3) is 1.11. The number of fused-ring (bicyclic) bond motifs is 15. The smallest absolute Gasteiger partial charge is 0.0500 e. The summed E-state index contributed by atoms with van der Waals surface area (Å²) in [6.07, 6.45) is 0. The van der Waals surface area contributed by atoms with Gasteiger partial charge in [0.25, 0.3) is 0 Å². The van der Waals surface area contributed by atoms with Crippen molar-refractivity contribution >= 4 is 37.7 Å². The van der Waals surface area contributed by atoms with Gasteiger partial charge in [-0.1, -0.05) is 98.6 Å². The van der Waals surface area contributed by atoms with Crippen LogP contribution >= 0.6 is 37.7 Å². The lowest BCUT2D eigenvalue weighted by molar-refractivity contribution is 0.0675. The maximum atomic E-state index is 2.67. The standard InChI is InChI=1S/C21H37P5/c1-14(2,3)18-13-19(15(4,5)6)22(18)21(17(10,11)12)24(19)25-20(13,16(7,8)9)23(18)26(21)25/h13H,1-12H3. The van der Waals surface area contributed by atoms with Crippen LogP contribution in [0.15, 0.2) is 0 Å². The summed E-state index contributed by atoms with van der Waals surface area (Å²) < 4.78 is 0.923. The van der Waals surface area contributed by atoms with Gasteiger partial charge in [0.15, 0.2) is 0 Å². The van der Waals surface area contributed by atoms with E-state index in [1.165, 1.54) is 0 Å². The van der Waals surface area contributed by atoms with Crippen molar-refractivity contribution < 1.29 is 0 Å². The second kappa shape index (κ2) is 4.00. The van der Waals surface area contributed by atoms with Crippen molar-refractivity contribution in [1.29, 1.82) is 0 Å². The highest BCUT2D eigenvalue weighted by molar-refractivity contribution is 8.99. The molecule has 5 heterocycles. The molecule has 5 rings (SSSR count). The fourth-order valence-electron chi connectivity index (χ4n) is 8.59. The largest absolute Gasteiger partial charge is 0.0654 e. The Morgan fingerprint density at radius 2 is 0.923 bits per heavy atom. The first-order valence-electron chi connectivity index (χ1n) is 10.5. The molecule has 5 aliphatic heterocycles. The molecule has 0 aliphatic carbocycles. The van der Waals surface area contributed by atoms with Gasteiger partial charge in [0, 0.05) is 20.6 Å². The molecule has 10 atom stereocenters. The molecular weight excluding hydrogens is 407 g/mol. The Morgan fingerprint density at radius 1 is 0.500 bits per heavy atom. The predicted molar refractivity (Wildman–Crippen MR) is 127 cm³/mol. The zero-order valence-electron chi connectivity index (χ0n) is 18.8. The van der Waals surface area contributed by atoms with Crippen LogP contribution in [0.1, 0.15) is 83.1 Å². The fourth-order valence-corrected chi connectivity index (χ4v) is 83.5. The van der Waals surface area contributed by atoms with E-state index in [1.807, 2.05) is 0 Å². The van der Waals surface area contributed by atoms with Gasteiger partial charge in [-0.05, 0) is 43.9 Å². The van der Waals surface area contributed by atoms with Gasteiger partial charge in [-0.3, -0.25) is 0 Å². The Morgan fingerprint density at radius 3 is 1.31 bits per heavy atom. The van der Waals surface area contributed by atoms with Gasteiger partial charge in [-0.2, -0.15) is 0 Å². The summed E-state index contributed by atoms with van der Waals surface area (Å²) in [7, 11) is 1.78. The second-order valence-corrected chi connectivity index (χ2v) is 34.3.